The lowest BCUT2D eigenvalue weighted by molar-refractivity contribution is 0.0946. The number of hydrogen-bond acceptors (Lipinski definition) is 4. The van der Waals surface area contributed by atoms with Crippen molar-refractivity contribution in [3.05, 3.63) is 44.8 Å². The Hall–Kier alpha value is -1.40. The Morgan fingerprint density at radius 3 is 2.78 bits per heavy atom. The molecule has 2 heterocycles. The van der Waals surface area contributed by atoms with E-state index in [9.17, 15) is 4.79 Å². The number of nitrogens with zero attached hydrogens (tertiary/aromatic N) is 1. The van der Waals surface area contributed by atoms with Gasteiger partial charge in [0.05, 0.1) is 22.2 Å². The van der Waals surface area contributed by atoms with E-state index >= 15 is 0 Å². The molecule has 0 aliphatic rings. The highest BCUT2D eigenvalue weighted by molar-refractivity contribution is 9.11. The van der Waals surface area contributed by atoms with Crippen molar-refractivity contribution in [3.8, 4) is 0 Å². The standard InChI is InChI=1S/C12H12BrN3OS/c1-14-8-2-4-10(15-6-8)12(17)16-7-9-3-5-11(13)18-9/h2-6,14H,7H2,1H3,(H,16,17). The van der Waals surface area contributed by atoms with Gasteiger partial charge in [-0.05, 0) is 40.2 Å². The number of carbonyl (C=O) groups excluding carboxylic acids is 1. The van der Waals surface area contributed by atoms with Crippen LogP contribution < -0.4 is 10.6 Å². The molecule has 94 valence electrons. The first-order chi connectivity index (χ1) is 8.69. The van der Waals surface area contributed by atoms with Gasteiger partial charge in [-0.2, -0.15) is 0 Å². The number of anilines is 1. The van der Waals surface area contributed by atoms with Gasteiger partial charge in [0.15, 0.2) is 0 Å². The number of halogens is 1. The Bertz CT molecular complexity index is 539. The van der Waals surface area contributed by atoms with E-state index in [1.165, 1.54) is 0 Å². The van der Waals surface area contributed by atoms with E-state index in [1.54, 1.807) is 23.6 Å². The molecule has 0 saturated carbocycles. The van der Waals surface area contributed by atoms with E-state index in [4.69, 9.17) is 0 Å². The van der Waals surface area contributed by atoms with Crippen LogP contribution in [0.2, 0.25) is 0 Å². The summed E-state index contributed by atoms with van der Waals surface area (Å²) in [5.74, 6) is -0.165. The number of aromatic nitrogens is 1. The van der Waals surface area contributed by atoms with Crippen molar-refractivity contribution in [1.82, 2.24) is 10.3 Å². The van der Waals surface area contributed by atoms with Crippen LogP contribution in [0.3, 0.4) is 0 Å². The van der Waals surface area contributed by atoms with Crippen molar-refractivity contribution in [3.63, 3.8) is 0 Å². The molecule has 2 N–H and O–H groups in total. The van der Waals surface area contributed by atoms with Gasteiger partial charge in [-0.15, -0.1) is 11.3 Å². The molecule has 0 aliphatic heterocycles. The minimum Gasteiger partial charge on any atom is -0.387 e. The van der Waals surface area contributed by atoms with E-state index in [2.05, 4.69) is 31.5 Å². The van der Waals surface area contributed by atoms with Crippen molar-refractivity contribution in [2.75, 3.05) is 12.4 Å². The van der Waals surface area contributed by atoms with Gasteiger partial charge in [-0.3, -0.25) is 4.79 Å². The van der Waals surface area contributed by atoms with Crippen molar-refractivity contribution < 1.29 is 4.79 Å². The Morgan fingerprint density at radius 2 is 2.22 bits per heavy atom. The molecule has 0 atom stereocenters. The third-order valence-corrected chi connectivity index (χ3v) is 3.96. The predicted octanol–water partition coefficient (Wildman–Crippen LogP) is 2.88. The highest BCUT2D eigenvalue weighted by Gasteiger charge is 2.07. The number of carbonyl (C=O) groups is 1. The van der Waals surface area contributed by atoms with E-state index in [-0.39, 0.29) is 5.91 Å². The molecule has 18 heavy (non-hydrogen) atoms. The molecule has 0 bridgehead atoms. The van der Waals surface area contributed by atoms with E-state index in [0.29, 0.717) is 12.2 Å². The van der Waals surface area contributed by atoms with Crippen LogP contribution in [-0.4, -0.2) is 17.9 Å². The average Bonchev–Trinajstić information content (AvgIpc) is 2.82. The Kier molecular flexibility index (Phi) is 4.33. The molecule has 0 saturated heterocycles. The topological polar surface area (TPSA) is 54.0 Å². The molecule has 0 unspecified atom stereocenters. The quantitative estimate of drug-likeness (QED) is 0.908. The maximum absolute atomic E-state index is 11.8. The Labute approximate surface area is 118 Å². The normalized spacial score (nSPS) is 10.1. The maximum atomic E-state index is 11.8. The third kappa shape index (κ3) is 3.30. The second kappa shape index (κ2) is 5.97. The average molecular weight is 326 g/mol. The largest absolute Gasteiger partial charge is 0.387 e. The van der Waals surface area contributed by atoms with E-state index in [0.717, 1.165) is 14.4 Å². The number of hydrogen-bond donors (Lipinski definition) is 2. The lowest BCUT2D eigenvalue weighted by atomic mass is 10.3. The van der Waals surface area contributed by atoms with Gasteiger partial charge in [0.1, 0.15) is 5.69 Å². The predicted molar refractivity (Wildman–Crippen MR) is 77.0 cm³/mol. The fraction of sp³-hybridized carbons (Fsp3) is 0.167. The zero-order chi connectivity index (χ0) is 13.0. The first-order valence-electron chi connectivity index (χ1n) is 5.35. The third-order valence-electron chi connectivity index (χ3n) is 2.34. The van der Waals surface area contributed by atoms with Gasteiger partial charge in [0.25, 0.3) is 5.91 Å². The summed E-state index contributed by atoms with van der Waals surface area (Å²) in [5, 5.41) is 5.79. The molecule has 0 spiro atoms. The summed E-state index contributed by atoms with van der Waals surface area (Å²) in [5.41, 5.74) is 1.30. The molecule has 4 nitrogen and oxygen atoms in total. The van der Waals surface area contributed by atoms with Crippen LogP contribution in [0.15, 0.2) is 34.2 Å². The number of pyridine rings is 1. The SMILES string of the molecule is CNc1ccc(C(=O)NCc2ccc(Br)s2)nc1. The maximum Gasteiger partial charge on any atom is 0.270 e. The second-order valence-electron chi connectivity index (χ2n) is 3.57. The van der Waals surface area contributed by atoms with Gasteiger partial charge < -0.3 is 10.6 Å². The summed E-state index contributed by atoms with van der Waals surface area (Å²) < 4.78 is 1.06. The molecule has 0 aromatic carbocycles. The fourth-order valence-corrected chi connectivity index (χ4v) is 2.80. The van der Waals surface area contributed by atoms with Crippen LogP contribution in [0, 0.1) is 0 Å². The van der Waals surface area contributed by atoms with Crippen LogP contribution in [0.4, 0.5) is 5.69 Å². The van der Waals surface area contributed by atoms with Crippen LogP contribution in [-0.2, 0) is 6.54 Å². The van der Waals surface area contributed by atoms with Gasteiger partial charge in [0.2, 0.25) is 0 Å². The minimum absolute atomic E-state index is 0.165. The fourth-order valence-electron chi connectivity index (χ4n) is 1.38. The molecule has 0 aliphatic carbocycles. The summed E-state index contributed by atoms with van der Waals surface area (Å²) in [6, 6.07) is 7.47. The van der Waals surface area contributed by atoms with Crippen LogP contribution in [0.1, 0.15) is 15.4 Å². The van der Waals surface area contributed by atoms with Crippen molar-refractivity contribution in [2.24, 2.45) is 0 Å². The van der Waals surface area contributed by atoms with Crippen molar-refractivity contribution >= 4 is 38.9 Å². The van der Waals surface area contributed by atoms with Crippen LogP contribution >= 0.6 is 27.3 Å². The number of amides is 1. The first kappa shape index (κ1) is 13.0. The lowest BCUT2D eigenvalue weighted by Gasteiger charge is -2.04. The molecule has 2 aromatic heterocycles. The van der Waals surface area contributed by atoms with Gasteiger partial charge >= 0.3 is 0 Å². The van der Waals surface area contributed by atoms with E-state index < -0.39 is 0 Å². The van der Waals surface area contributed by atoms with Crippen LogP contribution in [0.5, 0.6) is 0 Å². The molecule has 0 fully saturated rings. The first-order valence-corrected chi connectivity index (χ1v) is 6.96. The number of rotatable bonds is 4. The summed E-state index contributed by atoms with van der Waals surface area (Å²) >= 11 is 4.99. The molecular formula is C12H12BrN3OS. The summed E-state index contributed by atoms with van der Waals surface area (Å²) in [7, 11) is 1.81. The molecular weight excluding hydrogens is 314 g/mol. The highest BCUT2D eigenvalue weighted by atomic mass is 79.9. The Morgan fingerprint density at radius 1 is 1.39 bits per heavy atom. The van der Waals surface area contributed by atoms with Gasteiger partial charge in [0, 0.05) is 11.9 Å². The van der Waals surface area contributed by atoms with Gasteiger partial charge in [-0.1, -0.05) is 0 Å². The van der Waals surface area contributed by atoms with E-state index in [1.807, 2.05) is 25.2 Å². The summed E-state index contributed by atoms with van der Waals surface area (Å²) in [4.78, 5) is 17.0. The molecule has 0 radical (unpaired) electrons. The smallest absolute Gasteiger partial charge is 0.270 e. The molecule has 1 amide bonds. The monoisotopic (exact) mass is 325 g/mol. The Balaban J connectivity index is 1.94. The summed E-state index contributed by atoms with van der Waals surface area (Å²) in [6.07, 6.45) is 1.64. The van der Waals surface area contributed by atoms with Gasteiger partial charge in [-0.25, -0.2) is 4.98 Å². The lowest BCUT2D eigenvalue weighted by Crippen LogP contribution is -2.23. The number of thiophene rings is 1. The van der Waals surface area contributed by atoms with Crippen molar-refractivity contribution in [2.45, 2.75) is 6.54 Å². The molecule has 2 aromatic rings. The number of nitrogens with one attached hydrogen (secondary N) is 2. The van der Waals surface area contributed by atoms with Crippen molar-refractivity contribution in [1.29, 1.82) is 0 Å². The molecule has 2 rings (SSSR count). The zero-order valence-corrected chi connectivity index (χ0v) is 12.1. The highest BCUT2D eigenvalue weighted by Crippen LogP contribution is 2.21. The molecule has 6 heteroatoms. The van der Waals surface area contributed by atoms with Crippen LogP contribution in [0.25, 0.3) is 0 Å². The zero-order valence-electron chi connectivity index (χ0n) is 9.74. The summed E-state index contributed by atoms with van der Waals surface area (Å²) in [6.45, 7) is 0.518. The minimum atomic E-state index is -0.165. The second-order valence-corrected chi connectivity index (χ2v) is 6.12.